The first kappa shape index (κ1) is 14.6. The molecule has 0 fully saturated rings. The lowest BCUT2D eigenvalue weighted by Crippen LogP contribution is -2.26. The normalized spacial score (nSPS) is 12.0. The zero-order valence-corrected chi connectivity index (χ0v) is 13.6. The van der Waals surface area contributed by atoms with E-state index in [1.165, 1.54) is 27.9 Å². The van der Waals surface area contributed by atoms with Gasteiger partial charge in [0.25, 0.3) is 0 Å². The summed E-state index contributed by atoms with van der Waals surface area (Å²) in [7, 11) is -1.98. The van der Waals surface area contributed by atoms with Crippen LogP contribution in [0.1, 0.15) is 9.88 Å². The van der Waals surface area contributed by atoms with Gasteiger partial charge in [0, 0.05) is 41.5 Å². The number of nitrogens with zero attached hydrogens (tertiary/aromatic N) is 3. The van der Waals surface area contributed by atoms with Gasteiger partial charge in [-0.15, -0.1) is 11.3 Å². The Morgan fingerprint density at radius 1 is 1.37 bits per heavy atom. The molecule has 0 bridgehead atoms. The highest BCUT2D eigenvalue weighted by Gasteiger charge is 2.22. The summed E-state index contributed by atoms with van der Waals surface area (Å²) in [4.78, 5) is 9.08. The maximum atomic E-state index is 12.3. The number of hydrogen-bond donors (Lipinski definition) is 0. The number of sulfonamides is 1. The molecule has 0 saturated carbocycles. The lowest BCUT2D eigenvalue weighted by Gasteiger charge is -2.15. The van der Waals surface area contributed by atoms with E-state index in [2.05, 4.69) is 25.9 Å². The summed E-state index contributed by atoms with van der Waals surface area (Å²) in [6.45, 7) is 2.20. The van der Waals surface area contributed by atoms with Crippen LogP contribution in [-0.2, 0) is 16.6 Å². The van der Waals surface area contributed by atoms with Gasteiger partial charge < -0.3 is 0 Å². The predicted molar refractivity (Wildman–Crippen MR) is 77.4 cm³/mol. The molecular formula is C11H12BrN3O2S2. The molecule has 0 atom stereocenters. The molecule has 0 saturated heterocycles. The van der Waals surface area contributed by atoms with E-state index in [4.69, 9.17) is 0 Å². The van der Waals surface area contributed by atoms with Gasteiger partial charge in [0.2, 0.25) is 10.0 Å². The van der Waals surface area contributed by atoms with Crippen molar-refractivity contribution in [3.05, 3.63) is 39.0 Å². The molecular weight excluding hydrogens is 350 g/mol. The van der Waals surface area contributed by atoms with Crippen LogP contribution in [0.4, 0.5) is 0 Å². The van der Waals surface area contributed by atoms with Crippen molar-refractivity contribution in [3.63, 3.8) is 0 Å². The summed E-state index contributed by atoms with van der Waals surface area (Å²) in [6.07, 6.45) is 4.59. The molecule has 0 aromatic carbocycles. The van der Waals surface area contributed by atoms with Crippen LogP contribution in [0, 0.1) is 6.92 Å². The molecule has 2 heterocycles. The van der Waals surface area contributed by atoms with E-state index in [9.17, 15) is 8.42 Å². The van der Waals surface area contributed by atoms with Crippen molar-refractivity contribution >= 4 is 37.3 Å². The Labute approximate surface area is 124 Å². The molecule has 19 heavy (non-hydrogen) atoms. The van der Waals surface area contributed by atoms with E-state index in [0.717, 1.165) is 9.88 Å². The topological polar surface area (TPSA) is 63.2 Å². The Morgan fingerprint density at radius 2 is 2.11 bits per heavy atom. The summed E-state index contributed by atoms with van der Waals surface area (Å²) >= 11 is 4.71. The Balaban J connectivity index is 2.24. The third kappa shape index (κ3) is 3.38. The number of halogens is 1. The molecule has 0 aliphatic carbocycles. The molecule has 0 aliphatic heterocycles. The number of aryl methyl sites for hydroxylation is 1. The third-order valence-corrected chi connectivity index (χ3v) is 5.54. The molecule has 0 unspecified atom stereocenters. The van der Waals surface area contributed by atoms with Gasteiger partial charge >= 0.3 is 0 Å². The van der Waals surface area contributed by atoms with Gasteiger partial charge in [0.1, 0.15) is 4.90 Å². The van der Waals surface area contributed by atoms with Crippen LogP contribution in [0.15, 0.2) is 34.0 Å². The second-order valence-corrected chi connectivity index (χ2v) is 8.23. The molecule has 0 radical (unpaired) electrons. The first-order valence-electron chi connectivity index (χ1n) is 5.38. The summed E-state index contributed by atoms with van der Waals surface area (Å²) in [5.74, 6) is 0. The number of pyridine rings is 1. The fourth-order valence-electron chi connectivity index (χ4n) is 1.50. The minimum Gasteiger partial charge on any atom is -0.262 e. The molecule has 0 amide bonds. The van der Waals surface area contributed by atoms with Gasteiger partial charge in [0.15, 0.2) is 0 Å². The van der Waals surface area contributed by atoms with Crippen molar-refractivity contribution in [2.75, 3.05) is 7.05 Å². The van der Waals surface area contributed by atoms with Crippen LogP contribution in [-0.4, -0.2) is 29.7 Å². The molecule has 0 spiro atoms. The molecule has 2 rings (SSSR count). The fourth-order valence-corrected chi connectivity index (χ4v) is 4.08. The average Bonchev–Trinajstić information content (AvgIpc) is 2.74. The average molecular weight is 362 g/mol. The summed E-state index contributed by atoms with van der Waals surface area (Å²) in [5.41, 5.74) is 0. The zero-order valence-electron chi connectivity index (χ0n) is 10.4. The van der Waals surface area contributed by atoms with E-state index >= 15 is 0 Å². The first-order chi connectivity index (χ1) is 8.89. The van der Waals surface area contributed by atoms with E-state index in [-0.39, 0.29) is 4.90 Å². The van der Waals surface area contributed by atoms with Crippen LogP contribution in [0.25, 0.3) is 0 Å². The predicted octanol–water partition coefficient (Wildman–Crippen LogP) is 2.43. The SMILES string of the molecule is Cc1ncc(CN(C)S(=O)(=O)c2cncc(Br)c2)s1. The second-order valence-electron chi connectivity index (χ2n) is 3.95. The quantitative estimate of drug-likeness (QED) is 0.838. The Kier molecular flexibility index (Phi) is 4.34. The number of aromatic nitrogens is 2. The van der Waals surface area contributed by atoms with E-state index in [0.29, 0.717) is 11.0 Å². The van der Waals surface area contributed by atoms with Crippen LogP contribution in [0.5, 0.6) is 0 Å². The minimum absolute atomic E-state index is 0.172. The fraction of sp³-hybridized carbons (Fsp3) is 0.273. The molecule has 5 nitrogen and oxygen atoms in total. The van der Waals surface area contributed by atoms with Crippen molar-refractivity contribution in [1.82, 2.24) is 14.3 Å². The molecule has 2 aromatic rings. The number of rotatable bonds is 4. The highest BCUT2D eigenvalue weighted by molar-refractivity contribution is 9.10. The van der Waals surface area contributed by atoms with E-state index in [1.54, 1.807) is 19.4 Å². The van der Waals surface area contributed by atoms with Crippen molar-refractivity contribution < 1.29 is 8.42 Å². The molecule has 8 heteroatoms. The Morgan fingerprint density at radius 3 is 2.68 bits per heavy atom. The summed E-state index contributed by atoms with van der Waals surface area (Å²) in [5, 5.41) is 0.921. The highest BCUT2D eigenvalue weighted by Crippen LogP contribution is 2.21. The first-order valence-corrected chi connectivity index (χ1v) is 8.43. The zero-order chi connectivity index (χ0) is 14.0. The summed E-state index contributed by atoms with van der Waals surface area (Å²) in [6, 6.07) is 1.54. The van der Waals surface area contributed by atoms with Crippen molar-refractivity contribution in [1.29, 1.82) is 0 Å². The highest BCUT2D eigenvalue weighted by atomic mass is 79.9. The molecule has 0 N–H and O–H groups in total. The van der Waals surface area contributed by atoms with Crippen molar-refractivity contribution in [2.45, 2.75) is 18.4 Å². The molecule has 2 aromatic heterocycles. The van der Waals surface area contributed by atoms with Gasteiger partial charge in [0.05, 0.1) is 5.01 Å². The lowest BCUT2D eigenvalue weighted by molar-refractivity contribution is 0.469. The monoisotopic (exact) mass is 361 g/mol. The van der Waals surface area contributed by atoms with Crippen LogP contribution in [0.3, 0.4) is 0 Å². The second kappa shape index (κ2) is 5.66. The van der Waals surface area contributed by atoms with E-state index < -0.39 is 10.0 Å². The Bertz CT molecular complexity index is 685. The van der Waals surface area contributed by atoms with Gasteiger partial charge in [-0.25, -0.2) is 13.4 Å². The third-order valence-electron chi connectivity index (χ3n) is 2.44. The van der Waals surface area contributed by atoms with Crippen molar-refractivity contribution in [3.8, 4) is 0 Å². The van der Waals surface area contributed by atoms with Gasteiger partial charge in [-0.2, -0.15) is 4.31 Å². The van der Waals surface area contributed by atoms with Crippen molar-refractivity contribution in [2.24, 2.45) is 0 Å². The van der Waals surface area contributed by atoms with Crippen LogP contribution in [0.2, 0.25) is 0 Å². The van der Waals surface area contributed by atoms with Crippen LogP contribution < -0.4 is 0 Å². The van der Waals surface area contributed by atoms with Gasteiger partial charge in [-0.3, -0.25) is 4.98 Å². The van der Waals surface area contributed by atoms with Gasteiger partial charge in [-0.05, 0) is 28.9 Å². The maximum absolute atomic E-state index is 12.3. The summed E-state index contributed by atoms with van der Waals surface area (Å²) < 4.78 is 26.6. The number of thiazole rings is 1. The minimum atomic E-state index is -3.53. The largest absolute Gasteiger partial charge is 0.262 e. The van der Waals surface area contributed by atoms with Gasteiger partial charge in [-0.1, -0.05) is 0 Å². The maximum Gasteiger partial charge on any atom is 0.244 e. The standard InChI is InChI=1S/C11H12BrN3O2S2/c1-8-14-5-10(18-8)7-15(2)19(16,17)11-3-9(12)4-13-6-11/h3-6H,7H2,1-2H3. The van der Waals surface area contributed by atoms with E-state index in [1.807, 2.05) is 6.92 Å². The lowest BCUT2D eigenvalue weighted by atomic mass is 10.5. The molecule has 102 valence electrons. The van der Waals surface area contributed by atoms with Crippen LogP contribution >= 0.6 is 27.3 Å². The molecule has 0 aliphatic rings. The number of hydrogen-bond acceptors (Lipinski definition) is 5. The smallest absolute Gasteiger partial charge is 0.244 e. The Hall–Kier alpha value is -0.830.